The largest absolute Gasteiger partial charge is 0.497 e. The maximum absolute atomic E-state index is 12.9. The maximum Gasteiger partial charge on any atom is 0.230 e. The molecule has 1 aromatic carbocycles. The number of nitrogens with one attached hydrogen (secondary N) is 2. The van der Waals surface area contributed by atoms with Gasteiger partial charge in [0.2, 0.25) is 5.91 Å². The number of hydrogen-bond acceptors (Lipinski definition) is 5. The number of hydrogen-bond donors (Lipinski definition) is 2. The summed E-state index contributed by atoms with van der Waals surface area (Å²) in [6.45, 7) is 4.59. The minimum absolute atomic E-state index is 0.187. The smallest absolute Gasteiger partial charge is 0.230 e. The minimum atomic E-state index is -0.333. The highest BCUT2D eigenvalue weighted by atomic mass is 16.5. The average Bonchev–Trinajstić information content (AvgIpc) is 3.31. The minimum Gasteiger partial charge on any atom is -0.497 e. The van der Waals surface area contributed by atoms with Crippen molar-refractivity contribution in [3.8, 4) is 5.75 Å². The molecule has 3 rings (SSSR count). The average molecular weight is 446 g/mol. The van der Waals surface area contributed by atoms with E-state index in [0.717, 1.165) is 63.7 Å². The second-order valence-electron chi connectivity index (χ2n) is 8.93. The van der Waals surface area contributed by atoms with E-state index >= 15 is 0 Å². The lowest BCUT2D eigenvalue weighted by molar-refractivity contribution is -0.138. The Balaban J connectivity index is 1.65. The summed E-state index contributed by atoms with van der Waals surface area (Å²) >= 11 is 0. The molecule has 0 radical (unpaired) electrons. The highest BCUT2D eigenvalue weighted by Crippen LogP contribution is 2.38. The summed E-state index contributed by atoms with van der Waals surface area (Å²) in [5.41, 5.74) is 0.895. The Morgan fingerprint density at radius 2 is 1.84 bits per heavy atom. The molecule has 1 saturated carbocycles. The second-order valence-corrected chi connectivity index (χ2v) is 8.93. The van der Waals surface area contributed by atoms with Gasteiger partial charge >= 0.3 is 0 Å². The van der Waals surface area contributed by atoms with Crippen LogP contribution in [-0.2, 0) is 9.53 Å². The number of aliphatic imine (C=N–C) groups is 1. The fourth-order valence-electron chi connectivity index (χ4n) is 4.83. The summed E-state index contributed by atoms with van der Waals surface area (Å²) < 4.78 is 10.9. The summed E-state index contributed by atoms with van der Waals surface area (Å²) in [6, 6.07) is 8.45. The van der Waals surface area contributed by atoms with Crippen molar-refractivity contribution in [3.05, 3.63) is 29.8 Å². The van der Waals surface area contributed by atoms with Gasteiger partial charge in [0.15, 0.2) is 5.96 Å². The third-order valence-corrected chi connectivity index (χ3v) is 6.69. The maximum atomic E-state index is 12.9. The fourth-order valence-corrected chi connectivity index (χ4v) is 4.83. The first-order valence-electron chi connectivity index (χ1n) is 11.6. The monoisotopic (exact) mass is 445 g/mol. The van der Waals surface area contributed by atoms with E-state index in [1.165, 1.54) is 5.56 Å². The molecule has 2 aliphatic rings. The Kier molecular flexibility index (Phi) is 8.75. The highest BCUT2D eigenvalue weighted by molar-refractivity contribution is 5.85. The van der Waals surface area contributed by atoms with Gasteiger partial charge in [0.25, 0.3) is 0 Å². The van der Waals surface area contributed by atoms with Crippen LogP contribution in [0, 0.1) is 5.41 Å². The van der Waals surface area contributed by atoms with Crippen molar-refractivity contribution in [1.29, 1.82) is 0 Å². The molecule has 0 aromatic heterocycles. The molecule has 178 valence electrons. The summed E-state index contributed by atoms with van der Waals surface area (Å²) in [4.78, 5) is 21.5. The summed E-state index contributed by atoms with van der Waals surface area (Å²) in [6.07, 6.45) is 4.06. The van der Waals surface area contributed by atoms with Crippen LogP contribution in [0.5, 0.6) is 5.75 Å². The van der Waals surface area contributed by atoms with E-state index in [2.05, 4.69) is 32.7 Å². The standard InChI is InChI=1S/C24H39N5O3/c1-25-23(27-18-24(11-5-6-12-24)22(30)28(2)3)26-17-21(29-13-15-32-16-14-29)19-7-9-20(31-4)10-8-19/h7-10,21H,5-6,11-18H2,1-4H3,(H2,25,26,27). The molecule has 8 heteroatoms. The number of methoxy groups -OCH3 is 1. The van der Waals surface area contributed by atoms with Gasteiger partial charge in [-0.25, -0.2) is 0 Å². The fraction of sp³-hybridized carbons (Fsp3) is 0.667. The molecule has 1 aliphatic carbocycles. The molecule has 2 fully saturated rings. The van der Waals surface area contributed by atoms with Crippen molar-refractivity contribution in [3.63, 3.8) is 0 Å². The molecular weight excluding hydrogens is 406 g/mol. The van der Waals surface area contributed by atoms with Crippen LogP contribution in [0.4, 0.5) is 0 Å². The van der Waals surface area contributed by atoms with Crippen LogP contribution in [0.25, 0.3) is 0 Å². The Labute approximate surface area is 192 Å². The number of carbonyl (C=O) groups is 1. The van der Waals surface area contributed by atoms with Crippen molar-refractivity contribution < 1.29 is 14.3 Å². The van der Waals surface area contributed by atoms with Gasteiger partial charge in [-0.3, -0.25) is 14.7 Å². The van der Waals surface area contributed by atoms with Crippen molar-refractivity contribution in [2.24, 2.45) is 10.4 Å². The SMILES string of the molecule is CN=C(NCC(c1ccc(OC)cc1)N1CCOCC1)NCC1(C(=O)N(C)C)CCCC1. The molecule has 1 aliphatic heterocycles. The number of carbonyl (C=O) groups excluding carboxylic acids is 1. The van der Waals surface area contributed by atoms with Crippen molar-refractivity contribution in [2.75, 3.05) is 67.6 Å². The van der Waals surface area contributed by atoms with Gasteiger partial charge in [0, 0.05) is 47.3 Å². The number of morpholine rings is 1. The number of nitrogens with zero attached hydrogens (tertiary/aromatic N) is 3. The Hall–Kier alpha value is -2.32. The van der Waals surface area contributed by atoms with Crippen LogP contribution in [0.2, 0.25) is 0 Å². The van der Waals surface area contributed by atoms with Crippen LogP contribution in [-0.4, -0.2) is 89.3 Å². The van der Waals surface area contributed by atoms with E-state index in [0.29, 0.717) is 13.1 Å². The summed E-state index contributed by atoms with van der Waals surface area (Å²) in [7, 11) is 7.15. The number of amides is 1. The van der Waals surface area contributed by atoms with Crippen molar-refractivity contribution >= 4 is 11.9 Å². The van der Waals surface area contributed by atoms with E-state index in [1.807, 2.05) is 26.2 Å². The van der Waals surface area contributed by atoms with Gasteiger partial charge in [0.1, 0.15) is 5.75 Å². The number of benzene rings is 1. The molecule has 1 aromatic rings. The Bertz CT molecular complexity index is 753. The van der Waals surface area contributed by atoms with Crippen LogP contribution in [0.3, 0.4) is 0 Å². The summed E-state index contributed by atoms with van der Waals surface area (Å²) in [5.74, 6) is 1.80. The zero-order chi connectivity index (χ0) is 23.0. The first kappa shape index (κ1) is 24.3. The van der Waals surface area contributed by atoms with Crippen LogP contribution in [0.1, 0.15) is 37.3 Å². The first-order chi connectivity index (χ1) is 15.5. The lowest BCUT2D eigenvalue weighted by Gasteiger charge is -2.35. The summed E-state index contributed by atoms with van der Waals surface area (Å²) in [5, 5.41) is 6.95. The highest BCUT2D eigenvalue weighted by Gasteiger charge is 2.42. The predicted molar refractivity (Wildman–Crippen MR) is 127 cm³/mol. The van der Waals surface area contributed by atoms with Gasteiger partial charge in [-0.1, -0.05) is 25.0 Å². The molecule has 32 heavy (non-hydrogen) atoms. The molecule has 8 nitrogen and oxygen atoms in total. The molecular formula is C24H39N5O3. The lowest BCUT2D eigenvalue weighted by Crippen LogP contribution is -2.50. The molecule has 1 saturated heterocycles. The van der Waals surface area contributed by atoms with E-state index in [1.54, 1.807) is 19.1 Å². The predicted octanol–water partition coefficient (Wildman–Crippen LogP) is 1.88. The van der Waals surface area contributed by atoms with E-state index in [4.69, 9.17) is 9.47 Å². The molecule has 0 bridgehead atoms. The molecule has 2 N–H and O–H groups in total. The number of rotatable bonds is 8. The van der Waals surface area contributed by atoms with Gasteiger partial charge < -0.3 is 25.0 Å². The zero-order valence-corrected chi connectivity index (χ0v) is 20.0. The Morgan fingerprint density at radius 1 is 1.19 bits per heavy atom. The zero-order valence-electron chi connectivity index (χ0n) is 20.0. The molecule has 1 atom stereocenters. The first-order valence-corrected chi connectivity index (χ1v) is 11.6. The van der Waals surface area contributed by atoms with Crippen molar-refractivity contribution in [1.82, 2.24) is 20.4 Å². The molecule has 0 spiro atoms. The van der Waals surface area contributed by atoms with Crippen molar-refractivity contribution in [2.45, 2.75) is 31.7 Å². The number of ether oxygens (including phenoxy) is 2. The van der Waals surface area contributed by atoms with E-state index < -0.39 is 0 Å². The van der Waals surface area contributed by atoms with Crippen LogP contribution < -0.4 is 15.4 Å². The lowest BCUT2D eigenvalue weighted by atomic mass is 9.84. The second kappa shape index (κ2) is 11.5. The topological polar surface area (TPSA) is 78.4 Å². The quantitative estimate of drug-likeness (QED) is 0.470. The van der Waals surface area contributed by atoms with Gasteiger partial charge in [-0.2, -0.15) is 0 Å². The molecule has 1 heterocycles. The third kappa shape index (κ3) is 5.92. The van der Waals surface area contributed by atoms with E-state index in [-0.39, 0.29) is 17.4 Å². The Morgan fingerprint density at radius 3 is 2.41 bits per heavy atom. The number of guanidine groups is 1. The van der Waals surface area contributed by atoms with Crippen LogP contribution in [0.15, 0.2) is 29.3 Å². The van der Waals surface area contributed by atoms with E-state index in [9.17, 15) is 4.79 Å². The van der Waals surface area contributed by atoms with Crippen LogP contribution >= 0.6 is 0 Å². The normalized spacial score (nSPS) is 19.9. The van der Waals surface area contributed by atoms with Gasteiger partial charge in [-0.15, -0.1) is 0 Å². The van der Waals surface area contributed by atoms with Gasteiger partial charge in [-0.05, 0) is 30.5 Å². The molecule has 1 amide bonds. The molecule has 1 unspecified atom stereocenters. The van der Waals surface area contributed by atoms with Gasteiger partial charge in [0.05, 0.1) is 31.8 Å². The third-order valence-electron chi connectivity index (χ3n) is 6.69.